The lowest BCUT2D eigenvalue weighted by Crippen LogP contribution is -2.41. The van der Waals surface area contributed by atoms with Gasteiger partial charge in [-0.1, -0.05) is 15.9 Å². The predicted molar refractivity (Wildman–Crippen MR) is 77.1 cm³/mol. The molecule has 7 nitrogen and oxygen atoms in total. The minimum absolute atomic E-state index is 0.0916. The Morgan fingerprint density at radius 1 is 1.19 bits per heavy atom. The number of hydrogen-bond donors (Lipinski definition) is 2. The van der Waals surface area contributed by atoms with Gasteiger partial charge in [-0.2, -0.15) is 0 Å². The molecule has 1 aromatic heterocycles. The summed E-state index contributed by atoms with van der Waals surface area (Å²) in [5.41, 5.74) is -1.07. The van der Waals surface area contributed by atoms with E-state index in [4.69, 9.17) is 4.84 Å². The van der Waals surface area contributed by atoms with Crippen molar-refractivity contribution in [2.75, 3.05) is 7.11 Å². The molecule has 0 amide bonds. The van der Waals surface area contributed by atoms with Crippen molar-refractivity contribution in [1.82, 2.24) is 4.73 Å². The van der Waals surface area contributed by atoms with Gasteiger partial charge < -0.3 is 19.8 Å². The molecule has 0 aliphatic rings. The summed E-state index contributed by atoms with van der Waals surface area (Å²) in [5, 5.41) is 18.9. The molecule has 0 saturated heterocycles. The molecule has 21 heavy (non-hydrogen) atoms. The summed E-state index contributed by atoms with van der Waals surface area (Å²) in [6.45, 7) is 4.74. The average molecular weight is 364 g/mol. The lowest BCUT2D eigenvalue weighted by molar-refractivity contribution is -0.157. The third kappa shape index (κ3) is 3.90. The second kappa shape index (κ2) is 5.97. The minimum atomic E-state index is -1.07. The van der Waals surface area contributed by atoms with E-state index in [0.717, 1.165) is 0 Å². The Morgan fingerprint density at radius 3 is 2.10 bits per heavy atom. The van der Waals surface area contributed by atoms with Crippen LogP contribution in [0.2, 0.25) is 0 Å². The molecule has 0 spiro atoms. The highest BCUT2D eigenvalue weighted by Gasteiger charge is 2.42. The van der Waals surface area contributed by atoms with Crippen molar-refractivity contribution in [2.45, 2.75) is 31.5 Å². The molecule has 1 aromatic rings. The zero-order valence-electron chi connectivity index (χ0n) is 12.2. The topological polar surface area (TPSA) is 98.0 Å². The van der Waals surface area contributed by atoms with Gasteiger partial charge in [-0.3, -0.25) is 4.79 Å². The number of alkyl halides is 1. The lowest BCUT2D eigenvalue weighted by atomic mass is 9.83. The molecule has 0 aliphatic heterocycles. The number of nitrogens with zero attached hydrogens (tertiary/aromatic N) is 1. The second-order valence-corrected chi connectivity index (χ2v) is 7.22. The first-order valence-electron chi connectivity index (χ1n) is 6.11. The number of carbonyl (C=O) groups excluding carboxylic acids is 2. The summed E-state index contributed by atoms with van der Waals surface area (Å²) in [6.07, 6.45) is 0.0916. The van der Waals surface area contributed by atoms with E-state index in [1.165, 1.54) is 19.2 Å². The molecule has 1 rings (SSSR count). The Balaban J connectivity index is 2.88. The van der Waals surface area contributed by atoms with E-state index in [2.05, 4.69) is 20.7 Å². The number of rotatable bonds is 5. The molecule has 0 saturated carbocycles. The standard InChI is InChI=1S/C13H18BrNO6/c1-12(2,7-13(3,14)11(19)20-4)10(18)21-15-8(16)5-6-9(15)17/h5-6,16-17H,7H2,1-4H3. The maximum absolute atomic E-state index is 12.2. The summed E-state index contributed by atoms with van der Waals surface area (Å²) in [6, 6.07) is 2.36. The highest BCUT2D eigenvalue weighted by atomic mass is 79.9. The normalized spacial score (nSPS) is 14.3. The number of hydrogen-bond acceptors (Lipinski definition) is 6. The Morgan fingerprint density at radius 2 is 1.67 bits per heavy atom. The first-order chi connectivity index (χ1) is 9.51. The van der Waals surface area contributed by atoms with Crippen molar-refractivity contribution in [3.05, 3.63) is 12.1 Å². The summed E-state index contributed by atoms with van der Waals surface area (Å²) in [7, 11) is 1.25. The van der Waals surface area contributed by atoms with Gasteiger partial charge in [0.2, 0.25) is 11.8 Å². The fraction of sp³-hybridized carbons (Fsp3) is 0.538. The number of ether oxygens (including phenoxy) is 1. The summed E-state index contributed by atoms with van der Waals surface area (Å²) in [5.74, 6) is -2.06. The van der Waals surface area contributed by atoms with Crippen LogP contribution in [-0.4, -0.2) is 38.3 Å². The Labute approximate surface area is 130 Å². The molecule has 118 valence electrons. The van der Waals surface area contributed by atoms with Crippen LogP contribution >= 0.6 is 15.9 Å². The van der Waals surface area contributed by atoms with Crippen LogP contribution < -0.4 is 4.84 Å². The molecule has 0 bridgehead atoms. The van der Waals surface area contributed by atoms with Crippen LogP contribution in [0.15, 0.2) is 12.1 Å². The fourth-order valence-electron chi connectivity index (χ4n) is 1.89. The van der Waals surface area contributed by atoms with Crippen molar-refractivity contribution in [3.8, 4) is 11.8 Å². The minimum Gasteiger partial charge on any atom is -0.492 e. The number of esters is 1. The molecule has 0 radical (unpaired) electrons. The summed E-state index contributed by atoms with van der Waals surface area (Å²) >= 11 is 3.23. The highest BCUT2D eigenvalue weighted by molar-refractivity contribution is 9.10. The first kappa shape index (κ1) is 17.4. The molecule has 2 N–H and O–H groups in total. The molecular formula is C13H18BrNO6. The van der Waals surface area contributed by atoms with Gasteiger partial charge in [-0.15, -0.1) is 4.73 Å². The van der Waals surface area contributed by atoms with Crippen LogP contribution in [0.3, 0.4) is 0 Å². The Kier molecular flexibility index (Phi) is 4.93. The molecule has 1 unspecified atom stereocenters. The smallest absolute Gasteiger partial charge is 0.338 e. The predicted octanol–water partition coefficient (Wildman–Crippen LogP) is 1.60. The van der Waals surface area contributed by atoms with E-state index in [1.54, 1.807) is 20.8 Å². The number of methoxy groups -OCH3 is 1. The van der Waals surface area contributed by atoms with E-state index < -0.39 is 33.4 Å². The van der Waals surface area contributed by atoms with E-state index >= 15 is 0 Å². The van der Waals surface area contributed by atoms with Crippen LogP contribution in [0.1, 0.15) is 27.2 Å². The van der Waals surface area contributed by atoms with Gasteiger partial charge in [-0.25, -0.2) is 4.79 Å². The van der Waals surface area contributed by atoms with Crippen molar-refractivity contribution >= 4 is 27.9 Å². The quantitative estimate of drug-likeness (QED) is 0.608. The van der Waals surface area contributed by atoms with Crippen LogP contribution in [0.4, 0.5) is 0 Å². The van der Waals surface area contributed by atoms with Crippen molar-refractivity contribution < 1.29 is 29.4 Å². The molecule has 0 aromatic carbocycles. The van der Waals surface area contributed by atoms with E-state index in [-0.39, 0.29) is 6.42 Å². The fourth-order valence-corrected chi connectivity index (χ4v) is 2.75. The number of halogens is 1. The van der Waals surface area contributed by atoms with Crippen LogP contribution in [-0.2, 0) is 14.3 Å². The van der Waals surface area contributed by atoms with Crippen LogP contribution in [0, 0.1) is 5.41 Å². The first-order valence-corrected chi connectivity index (χ1v) is 6.90. The highest BCUT2D eigenvalue weighted by Crippen LogP contribution is 2.35. The van der Waals surface area contributed by atoms with Gasteiger partial charge in [0, 0.05) is 12.1 Å². The zero-order valence-corrected chi connectivity index (χ0v) is 13.8. The van der Waals surface area contributed by atoms with Gasteiger partial charge in [0.15, 0.2) is 0 Å². The van der Waals surface area contributed by atoms with Crippen molar-refractivity contribution in [1.29, 1.82) is 0 Å². The van der Waals surface area contributed by atoms with Gasteiger partial charge in [-0.05, 0) is 27.2 Å². The largest absolute Gasteiger partial charge is 0.492 e. The Bertz CT molecular complexity index is 529. The molecule has 0 aliphatic carbocycles. The molecule has 0 fully saturated rings. The van der Waals surface area contributed by atoms with E-state index in [9.17, 15) is 19.8 Å². The van der Waals surface area contributed by atoms with Crippen LogP contribution in [0.5, 0.6) is 11.8 Å². The molecule has 8 heteroatoms. The SMILES string of the molecule is COC(=O)C(C)(Br)CC(C)(C)C(=O)On1c(O)ccc1O. The summed E-state index contributed by atoms with van der Waals surface area (Å²) in [4.78, 5) is 28.8. The zero-order chi connectivity index (χ0) is 16.4. The number of aromatic hydroxyl groups is 2. The van der Waals surface area contributed by atoms with Crippen LogP contribution in [0.25, 0.3) is 0 Å². The van der Waals surface area contributed by atoms with Gasteiger partial charge >= 0.3 is 11.9 Å². The molecular weight excluding hydrogens is 346 g/mol. The monoisotopic (exact) mass is 363 g/mol. The van der Waals surface area contributed by atoms with Crippen molar-refractivity contribution in [3.63, 3.8) is 0 Å². The van der Waals surface area contributed by atoms with Gasteiger partial charge in [0.25, 0.3) is 0 Å². The number of aromatic nitrogens is 1. The third-order valence-electron chi connectivity index (χ3n) is 2.91. The maximum Gasteiger partial charge on any atom is 0.338 e. The van der Waals surface area contributed by atoms with Gasteiger partial charge in [0.1, 0.15) is 4.32 Å². The second-order valence-electron chi connectivity index (χ2n) is 5.47. The average Bonchev–Trinajstić information content (AvgIpc) is 2.68. The van der Waals surface area contributed by atoms with Gasteiger partial charge in [0.05, 0.1) is 12.5 Å². The number of carbonyl (C=O) groups is 2. The van der Waals surface area contributed by atoms with E-state index in [0.29, 0.717) is 4.73 Å². The molecule has 1 heterocycles. The van der Waals surface area contributed by atoms with Crippen molar-refractivity contribution in [2.24, 2.45) is 5.41 Å². The van der Waals surface area contributed by atoms with E-state index in [1.807, 2.05) is 0 Å². The third-order valence-corrected chi connectivity index (χ3v) is 3.51. The Hall–Kier alpha value is -1.70. The molecule has 1 atom stereocenters. The lowest BCUT2D eigenvalue weighted by Gasteiger charge is -2.29. The maximum atomic E-state index is 12.2. The summed E-state index contributed by atoms with van der Waals surface area (Å²) < 4.78 is 4.20.